The summed E-state index contributed by atoms with van der Waals surface area (Å²) in [5.74, 6) is -1.54. The van der Waals surface area contributed by atoms with Gasteiger partial charge in [0.1, 0.15) is 4.90 Å². The number of nitrogens with zero attached hydrogens (tertiary/aromatic N) is 2. The van der Waals surface area contributed by atoms with Crippen LogP contribution < -0.4 is 5.32 Å². The molecule has 9 nitrogen and oxygen atoms in total. The fraction of sp³-hybridized carbons (Fsp3) is 0.533. The summed E-state index contributed by atoms with van der Waals surface area (Å²) >= 11 is 0.240. The molecule has 1 aromatic carbocycles. The van der Waals surface area contributed by atoms with Crippen molar-refractivity contribution in [1.29, 1.82) is 0 Å². The number of methoxy groups -OCH3 is 1. The first-order valence-corrected chi connectivity index (χ1v) is 8.99. The predicted molar refractivity (Wildman–Crippen MR) is 95.5 cm³/mol. The van der Waals surface area contributed by atoms with E-state index < -0.39 is 61.3 Å². The van der Waals surface area contributed by atoms with Gasteiger partial charge in [0.05, 0.1) is 28.3 Å². The number of nitro benzene ring substituents is 2. The van der Waals surface area contributed by atoms with Gasteiger partial charge in [-0.15, -0.1) is 11.8 Å². The van der Waals surface area contributed by atoms with Gasteiger partial charge in [0, 0.05) is 12.1 Å². The van der Waals surface area contributed by atoms with Crippen molar-refractivity contribution in [2.75, 3.05) is 18.2 Å². The fourth-order valence-corrected chi connectivity index (χ4v) is 3.36. The summed E-state index contributed by atoms with van der Waals surface area (Å²) in [6.07, 6.45) is -4.26. The third-order valence-corrected chi connectivity index (χ3v) is 4.90. The number of rotatable bonds is 9. The minimum atomic E-state index is -5.11. The molecule has 0 aliphatic heterocycles. The zero-order valence-electron chi connectivity index (χ0n) is 15.2. The average molecular weight is 425 g/mol. The molecule has 13 heteroatoms. The average Bonchev–Trinajstić information content (AvgIpc) is 2.61. The summed E-state index contributed by atoms with van der Waals surface area (Å²) in [6, 6.07) is -0.190. The number of nitrogens with one attached hydrogen (secondary N) is 1. The van der Waals surface area contributed by atoms with Crippen molar-refractivity contribution in [2.45, 2.75) is 43.8 Å². The van der Waals surface area contributed by atoms with Gasteiger partial charge in [-0.3, -0.25) is 25.0 Å². The monoisotopic (exact) mass is 425 g/mol. The highest BCUT2D eigenvalue weighted by Crippen LogP contribution is 2.49. The van der Waals surface area contributed by atoms with E-state index in [4.69, 9.17) is 0 Å². The van der Waals surface area contributed by atoms with Crippen LogP contribution in [0, 0.1) is 20.2 Å². The van der Waals surface area contributed by atoms with Crippen LogP contribution in [-0.4, -0.2) is 34.7 Å². The normalized spacial score (nSPS) is 11.4. The van der Waals surface area contributed by atoms with Gasteiger partial charge in [-0.05, 0) is 12.8 Å². The highest BCUT2D eigenvalue weighted by atomic mass is 32.2. The van der Waals surface area contributed by atoms with Crippen LogP contribution >= 0.6 is 11.8 Å². The summed E-state index contributed by atoms with van der Waals surface area (Å²) in [4.78, 5) is 31.2. The zero-order chi connectivity index (χ0) is 21.6. The van der Waals surface area contributed by atoms with Crippen LogP contribution in [0.25, 0.3) is 0 Å². The Kier molecular flexibility index (Phi) is 8.02. The van der Waals surface area contributed by atoms with Crippen LogP contribution in [0.1, 0.15) is 32.3 Å². The lowest BCUT2D eigenvalue weighted by molar-refractivity contribution is -0.394. The van der Waals surface area contributed by atoms with Crippen molar-refractivity contribution in [2.24, 2.45) is 0 Å². The van der Waals surface area contributed by atoms with Gasteiger partial charge in [-0.25, -0.2) is 0 Å². The number of hydrogen-bond acceptors (Lipinski definition) is 8. The molecular weight excluding hydrogens is 407 g/mol. The number of thioether (sulfide) groups is 1. The Bertz CT molecular complexity index is 768. The van der Waals surface area contributed by atoms with Crippen molar-refractivity contribution in [3.63, 3.8) is 0 Å². The molecule has 1 N–H and O–H groups in total. The summed E-state index contributed by atoms with van der Waals surface area (Å²) in [7, 11) is 1.01. The van der Waals surface area contributed by atoms with E-state index >= 15 is 0 Å². The molecule has 0 spiro atoms. The van der Waals surface area contributed by atoms with Crippen molar-refractivity contribution >= 4 is 34.8 Å². The smallest absolute Gasteiger partial charge is 0.417 e. The number of benzene rings is 1. The molecule has 0 saturated heterocycles. The number of ether oxygens (including phenoxy) is 1. The van der Waals surface area contributed by atoms with Crippen LogP contribution in [0.5, 0.6) is 0 Å². The molecule has 0 heterocycles. The van der Waals surface area contributed by atoms with Gasteiger partial charge in [-0.1, -0.05) is 13.8 Å². The predicted octanol–water partition coefficient (Wildman–Crippen LogP) is 4.39. The zero-order valence-corrected chi connectivity index (χ0v) is 16.0. The highest BCUT2D eigenvalue weighted by molar-refractivity contribution is 8.00. The maximum absolute atomic E-state index is 13.5. The SMILES string of the molecule is CCC(CC)Nc1c([N+](=O)[O-])cc(C(F)(F)F)c(SCC(=O)OC)c1[N+](=O)[O-]. The quantitative estimate of drug-likeness (QED) is 0.267. The van der Waals surface area contributed by atoms with E-state index in [1.54, 1.807) is 13.8 Å². The summed E-state index contributed by atoms with van der Waals surface area (Å²) in [5.41, 5.74) is -4.34. The molecule has 0 amide bonds. The fourth-order valence-electron chi connectivity index (χ4n) is 2.34. The molecule has 0 fully saturated rings. The molecule has 0 bridgehead atoms. The number of hydrogen-bond donors (Lipinski definition) is 1. The molecule has 0 unspecified atom stereocenters. The van der Waals surface area contributed by atoms with Gasteiger partial charge in [0.2, 0.25) is 0 Å². The van der Waals surface area contributed by atoms with E-state index in [2.05, 4.69) is 10.1 Å². The van der Waals surface area contributed by atoms with Crippen LogP contribution in [0.2, 0.25) is 0 Å². The molecule has 156 valence electrons. The van der Waals surface area contributed by atoms with Crippen molar-refractivity contribution < 1.29 is 32.5 Å². The van der Waals surface area contributed by atoms with Gasteiger partial charge < -0.3 is 10.1 Å². The summed E-state index contributed by atoms with van der Waals surface area (Å²) in [6.45, 7) is 3.44. The summed E-state index contributed by atoms with van der Waals surface area (Å²) in [5, 5.41) is 25.6. The lowest BCUT2D eigenvalue weighted by atomic mass is 10.1. The minimum Gasteiger partial charge on any atom is -0.468 e. The number of carbonyl (C=O) groups is 1. The number of carbonyl (C=O) groups excluding carboxylic acids is 1. The summed E-state index contributed by atoms with van der Waals surface area (Å²) < 4.78 is 44.8. The molecule has 0 aliphatic rings. The first-order valence-electron chi connectivity index (χ1n) is 8.00. The second-order valence-electron chi connectivity index (χ2n) is 5.53. The van der Waals surface area contributed by atoms with Crippen LogP contribution in [0.15, 0.2) is 11.0 Å². The molecule has 1 aromatic rings. The molecule has 28 heavy (non-hydrogen) atoms. The first-order chi connectivity index (χ1) is 13.0. The largest absolute Gasteiger partial charge is 0.468 e. The van der Waals surface area contributed by atoms with Crippen LogP contribution in [-0.2, 0) is 15.7 Å². The van der Waals surface area contributed by atoms with Gasteiger partial charge in [0.15, 0.2) is 5.69 Å². The third kappa shape index (κ3) is 5.47. The molecule has 0 saturated carbocycles. The Balaban J connectivity index is 3.83. The lowest BCUT2D eigenvalue weighted by Gasteiger charge is -2.19. The van der Waals surface area contributed by atoms with Gasteiger partial charge in [0.25, 0.3) is 5.69 Å². The Hall–Kier alpha value is -2.57. The van der Waals surface area contributed by atoms with Crippen LogP contribution in [0.4, 0.5) is 30.2 Å². The van der Waals surface area contributed by atoms with Crippen LogP contribution in [0.3, 0.4) is 0 Å². The van der Waals surface area contributed by atoms with E-state index in [1.807, 2.05) is 0 Å². The lowest BCUT2D eigenvalue weighted by Crippen LogP contribution is -2.20. The van der Waals surface area contributed by atoms with E-state index in [0.717, 1.165) is 7.11 Å². The molecule has 0 aromatic heterocycles. The molecule has 0 atom stereocenters. The molecule has 1 rings (SSSR count). The van der Waals surface area contributed by atoms with E-state index in [0.29, 0.717) is 12.8 Å². The number of nitro groups is 2. The molecular formula is C15H18F3N3O6S. The van der Waals surface area contributed by atoms with Gasteiger partial charge in [-0.2, -0.15) is 13.2 Å². The number of esters is 1. The maximum atomic E-state index is 13.5. The highest BCUT2D eigenvalue weighted by Gasteiger charge is 2.43. The Labute approximate surface area is 161 Å². The van der Waals surface area contributed by atoms with E-state index in [9.17, 15) is 38.2 Å². The van der Waals surface area contributed by atoms with Crippen molar-refractivity contribution in [3.8, 4) is 0 Å². The number of alkyl halides is 3. The van der Waals surface area contributed by atoms with Gasteiger partial charge >= 0.3 is 17.8 Å². The Morgan fingerprint density at radius 1 is 1.25 bits per heavy atom. The van der Waals surface area contributed by atoms with E-state index in [-0.39, 0.29) is 17.8 Å². The topological polar surface area (TPSA) is 125 Å². The number of halogens is 3. The first kappa shape index (κ1) is 23.5. The van der Waals surface area contributed by atoms with E-state index in [1.165, 1.54) is 0 Å². The Morgan fingerprint density at radius 3 is 2.21 bits per heavy atom. The second kappa shape index (κ2) is 9.57. The standard InChI is InChI=1S/C15H18F3N3O6S/c1-4-8(5-2)19-12-10(20(23)24)6-9(15(16,17)18)14(13(12)21(25)26)28-7-11(22)27-3/h6,8,19H,4-5,7H2,1-3H3. The molecule has 0 radical (unpaired) electrons. The van der Waals surface area contributed by atoms with Crippen molar-refractivity contribution in [3.05, 3.63) is 31.9 Å². The third-order valence-electron chi connectivity index (χ3n) is 3.81. The maximum Gasteiger partial charge on any atom is 0.417 e. The molecule has 0 aliphatic carbocycles. The number of anilines is 1. The minimum absolute atomic E-state index is 0.240. The van der Waals surface area contributed by atoms with Crippen molar-refractivity contribution in [1.82, 2.24) is 0 Å². The Morgan fingerprint density at radius 2 is 1.82 bits per heavy atom. The second-order valence-corrected chi connectivity index (χ2v) is 6.52.